The van der Waals surface area contributed by atoms with Crippen LogP contribution in [0.15, 0.2) is 48.5 Å². The van der Waals surface area contributed by atoms with E-state index in [1.807, 2.05) is 24.3 Å². The van der Waals surface area contributed by atoms with Gasteiger partial charge < -0.3 is 15.0 Å². The monoisotopic (exact) mass is 384 g/mol. The Kier molecular flexibility index (Phi) is 5.13. The Labute approximate surface area is 161 Å². The van der Waals surface area contributed by atoms with Gasteiger partial charge in [0, 0.05) is 41.2 Å². The zero-order valence-corrected chi connectivity index (χ0v) is 15.4. The number of benzene rings is 2. The normalized spacial score (nSPS) is 14.5. The van der Waals surface area contributed by atoms with Gasteiger partial charge in [-0.25, -0.2) is 13.6 Å². The Balaban J connectivity index is 1.81. The summed E-state index contributed by atoms with van der Waals surface area (Å²) in [5, 5.41) is 14.2. The van der Waals surface area contributed by atoms with Crippen molar-refractivity contribution in [2.45, 2.75) is 44.8 Å². The number of para-hydroxylation sites is 1. The fourth-order valence-electron chi connectivity index (χ4n) is 3.88. The molecular formula is C22H22F2N2O2. The number of aromatic carboxylic acids is 1. The molecule has 1 aliphatic rings. The summed E-state index contributed by atoms with van der Waals surface area (Å²) in [6.45, 7) is 0.544. The number of halogens is 2. The fraction of sp³-hybridized carbons (Fsp3) is 0.318. The van der Waals surface area contributed by atoms with Crippen molar-refractivity contribution in [1.29, 1.82) is 0 Å². The standard InChI is InChI=1S/C22H22F2N2O2/c23-21(24)16-9-2-1-6-14(16)13-26-19-11-4-3-10-17(19)18(20(26)22(27)28)12-25-15-7-5-8-15/h1-4,6,9-11,15,21,25H,5,7-8,12-13H2,(H,27,28). The number of carbonyl (C=O) groups is 1. The molecule has 1 aromatic heterocycles. The fourth-order valence-corrected chi connectivity index (χ4v) is 3.88. The first kappa shape index (κ1) is 18.6. The summed E-state index contributed by atoms with van der Waals surface area (Å²) in [7, 11) is 0. The van der Waals surface area contributed by atoms with Crippen molar-refractivity contribution in [3.8, 4) is 0 Å². The lowest BCUT2D eigenvalue weighted by Crippen LogP contribution is -2.34. The number of nitrogens with zero attached hydrogens (tertiary/aromatic N) is 1. The largest absolute Gasteiger partial charge is 0.477 e. The third-order valence-electron chi connectivity index (χ3n) is 5.57. The molecule has 146 valence electrons. The molecule has 1 saturated carbocycles. The average molecular weight is 384 g/mol. The van der Waals surface area contributed by atoms with E-state index >= 15 is 0 Å². The summed E-state index contributed by atoms with van der Waals surface area (Å²) in [6.07, 6.45) is 0.785. The zero-order chi connectivity index (χ0) is 19.7. The van der Waals surface area contributed by atoms with Crippen molar-refractivity contribution in [2.75, 3.05) is 0 Å². The highest BCUT2D eigenvalue weighted by Gasteiger charge is 2.25. The molecule has 0 radical (unpaired) electrons. The van der Waals surface area contributed by atoms with Crippen molar-refractivity contribution in [3.63, 3.8) is 0 Å². The van der Waals surface area contributed by atoms with E-state index in [0.29, 0.717) is 23.7 Å². The van der Waals surface area contributed by atoms with Crippen LogP contribution in [-0.4, -0.2) is 21.7 Å². The molecule has 0 unspecified atom stereocenters. The van der Waals surface area contributed by atoms with Crippen LogP contribution in [0.25, 0.3) is 10.9 Å². The number of hydrogen-bond acceptors (Lipinski definition) is 2. The van der Waals surface area contributed by atoms with Gasteiger partial charge in [0.1, 0.15) is 5.69 Å². The Morgan fingerprint density at radius 1 is 1.14 bits per heavy atom. The first-order valence-electron chi connectivity index (χ1n) is 9.49. The summed E-state index contributed by atoms with van der Waals surface area (Å²) in [5.41, 5.74) is 1.99. The molecule has 4 nitrogen and oxygen atoms in total. The van der Waals surface area contributed by atoms with E-state index in [4.69, 9.17) is 0 Å². The number of aromatic nitrogens is 1. The van der Waals surface area contributed by atoms with Gasteiger partial charge in [0.05, 0.1) is 0 Å². The van der Waals surface area contributed by atoms with E-state index < -0.39 is 12.4 Å². The predicted molar refractivity (Wildman–Crippen MR) is 104 cm³/mol. The first-order chi connectivity index (χ1) is 13.6. The van der Waals surface area contributed by atoms with Crippen molar-refractivity contribution in [3.05, 3.63) is 70.9 Å². The summed E-state index contributed by atoms with van der Waals surface area (Å²) in [5.74, 6) is -1.05. The number of rotatable bonds is 7. The van der Waals surface area contributed by atoms with Gasteiger partial charge in [0.15, 0.2) is 0 Å². The van der Waals surface area contributed by atoms with E-state index in [2.05, 4.69) is 5.32 Å². The second-order valence-electron chi connectivity index (χ2n) is 7.24. The van der Waals surface area contributed by atoms with Gasteiger partial charge in [-0.3, -0.25) is 0 Å². The topological polar surface area (TPSA) is 54.3 Å². The lowest BCUT2D eigenvalue weighted by molar-refractivity contribution is 0.0684. The second-order valence-corrected chi connectivity index (χ2v) is 7.24. The number of hydrogen-bond donors (Lipinski definition) is 2. The second kappa shape index (κ2) is 7.72. The minimum Gasteiger partial charge on any atom is -0.477 e. The van der Waals surface area contributed by atoms with Gasteiger partial charge in [-0.05, 0) is 24.5 Å². The maximum absolute atomic E-state index is 13.4. The maximum atomic E-state index is 13.4. The third kappa shape index (κ3) is 3.40. The van der Waals surface area contributed by atoms with Crippen LogP contribution in [0.3, 0.4) is 0 Å². The van der Waals surface area contributed by atoms with Crippen LogP contribution >= 0.6 is 0 Å². The highest BCUT2D eigenvalue weighted by Crippen LogP contribution is 2.30. The smallest absolute Gasteiger partial charge is 0.352 e. The van der Waals surface area contributed by atoms with E-state index in [1.165, 1.54) is 12.5 Å². The number of carboxylic acid groups (broad SMARTS) is 1. The maximum Gasteiger partial charge on any atom is 0.352 e. The summed E-state index contributed by atoms with van der Waals surface area (Å²) in [4.78, 5) is 12.2. The molecule has 1 fully saturated rings. The SMILES string of the molecule is O=C(O)c1c(CNC2CCC2)c2ccccc2n1Cc1ccccc1C(F)F. The van der Waals surface area contributed by atoms with Gasteiger partial charge >= 0.3 is 5.97 Å². The van der Waals surface area contributed by atoms with Crippen LogP contribution in [-0.2, 0) is 13.1 Å². The molecule has 0 spiro atoms. The minimum atomic E-state index is -2.61. The van der Waals surface area contributed by atoms with E-state index in [0.717, 1.165) is 23.7 Å². The van der Waals surface area contributed by atoms with E-state index in [-0.39, 0.29) is 17.8 Å². The molecule has 2 aromatic carbocycles. The Morgan fingerprint density at radius 2 is 1.86 bits per heavy atom. The zero-order valence-electron chi connectivity index (χ0n) is 15.4. The van der Waals surface area contributed by atoms with Crippen molar-refractivity contribution < 1.29 is 18.7 Å². The van der Waals surface area contributed by atoms with Gasteiger partial charge in [-0.2, -0.15) is 0 Å². The lowest BCUT2D eigenvalue weighted by atomic mass is 9.93. The van der Waals surface area contributed by atoms with Crippen molar-refractivity contribution in [1.82, 2.24) is 9.88 Å². The Hall–Kier alpha value is -2.73. The van der Waals surface area contributed by atoms with Crippen LogP contribution < -0.4 is 5.32 Å². The minimum absolute atomic E-state index is 0.0641. The molecular weight excluding hydrogens is 362 g/mol. The molecule has 2 N–H and O–H groups in total. The Morgan fingerprint density at radius 3 is 2.54 bits per heavy atom. The molecule has 3 aromatic rings. The molecule has 28 heavy (non-hydrogen) atoms. The van der Waals surface area contributed by atoms with Crippen molar-refractivity contribution in [2.24, 2.45) is 0 Å². The molecule has 0 aliphatic heterocycles. The molecule has 1 heterocycles. The van der Waals surface area contributed by atoms with Gasteiger partial charge in [0.25, 0.3) is 6.43 Å². The number of carboxylic acids is 1. The average Bonchev–Trinajstić information content (AvgIpc) is 2.95. The highest BCUT2D eigenvalue weighted by atomic mass is 19.3. The Bertz CT molecular complexity index is 1010. The summed E-state index contributed by atoms with van der Waals surface area (Å²) < 4.78 is 28.5. The van der Waals surface area contributed by atoms with Crippen LogP contribution in [0, 0.1) is 0 Å². The van der Waals surface area contributed by atoms with Crippen molar-refractivity contribution >= 4 is 16.9 Å². The third-order valence-corrected chi connectivity index (χ3v) is 5.57. The van der Waals surface area contributed by atoms with Crippen LogP contribution in [0.2, 0.25) is 0 Å². The quantitative estimate of drug-likeness (QED) is 0.605. The van der Waals surface area contributed by atoms with Gasteiger partial charge in [0.2, 0.25) is 0 Å². The molecule has 4 rings (SSSR count). The first-order valence-corrected chi connectivity index (χ1v) is 9.49. The van der Waals surface area contributed by atoms with Gasteiger partial charge in [-0.15, -0.1) is 0 Å². The van der Waals surface area contributed by atoms with E-state index in [1.54, 1.807) is 22.8 Å². The summed E-state index contributed by atoms with van der Waals surface area (Å²) >= 11 is 0. The summed E-state index contributed by atoms with van der Waals surface area (Å²) in [6, 6.07) is 14.2. The van der Waals surface area contributed by atoms with Gasteiger partial charge in [-0.1, -0.05) is 48.9 Å². The molecule has 0 atom stereocenters. The number of nitrogens with one attached hydrogen (secondary N) is 1. The lowest BCUT2D eigenvalue weighted by Gasteiger charge is -2.26. The molecule has 6 heteroatoms. The molecule has 0 amide bonds. The molecule has 0 saturated heterocycles. The molecule has 0 bridgehead atoms. The molecule has 1 aliphatic carbocycles. The number of alkyl halides is 2. The number of fused-ring (bicyclic) bond motifs is 1. The van der Waals surface area contributed by atoms with Crippen LogP contribution in [0.4, 0.5) is 8.78 Å². The predicted octanol–water partition coefficient (Wildman–Crippen LogP) is 4.97. The highest BCUT2D eigenvalue weighted by molar-refractivity contribution is 5.98. The van der Waals surface area contributed by atoms with Crippen LogP contribution in [0.5, 0.6) is 0 Å². The van der Waals surface area contributed by atoms with E-state index in [9.17, 15) is 18.7 Å². The van der Waals surface area contributed by atoms with Crippen LogP contribution in [0.1, 0.15) is 52.9 Å².